The highest BCUT2D eigenvalue weighted by Gasteiger charge is 2.13. The van der Waals surface area contributed by atoms with Crippen molar-refractivity contribution < 1.29 is 14.3 Å². The third-order valence-corrected chi connectivity index (χ3v) is 4.38. The number of ether oxygens (including phenoxy) is 2. The standard InChI is InChI=1S/C17H13Cl3O3/c1-22-15-6-4-11(8-16(15)23-2)17(20)12(9-21)10-3-5-13(18)14(19)7-10/h3-9H,1-2H3. The van der Waals surface area contributed by atoms with Crippen molar-refractivity contribution in [3.63, 3.8) is 0 Å². The number of hydrogen-bond donors (Lipinski definition) is 0. The number of hydrogen-bond acceptors (Lipinski definition) is 3. The summed E-state index contributed by atoms with van der Waals surface area (Å²) in [7, 11) is 3.07. The number of carbonyl (C=O) groups is 1. The van der Waals surface area contributed by atoms with Gasteiger partial charge in [0.25, 0.3) is 0 Å². The van der Waals surface area contributed by atoms with Gasteiger partial charge in [-0.05, 0) is 41.5 Å². The van der Waals surface area contributed by atoms with Gasteiger partial charge < -0.3 is 9.47 Å². The lowest BCUT2D eigenvalue weighted by atomic mass is 10.0. The van der Waals surface area contributed by atoms with Crippen LogP contribution in [0.15, 0.2) is 36.4 Å². The number of benzene rings is 2. The summed E-state index contributed by atoms with van der Waals surface area (Å²) >= 11 is 18.3. The highest BCUT2D eigenvalue weighted by Crippen LogP contribution is 2.36. The van der Waals surface area contributed by atoms with E-state index in [9.17, 15) is 4.79 Å². The van der Waals surface area contributed by atoms with Crippen molar-refractivity contribution in [2.24, 2.45) is 0 Å². The van der Waals surface area contributed by atoms with E-state index in [1.54, 1.807) is 43.5 Å². The molecule has 0 aliphatic rings. The molecule has 0 N–H and O–H groups in total. The van der Waals surface area contributed by atoms with Crippen LogP contribution in [0.2, 0.25) is 10.0 Å². The highest BCUT2D eigenvalue weighted by atomic mass is 35.5. The third-order valence-electron chi connectivity index (χ3n) is 3.22. The van der Waals surface area contributed by atoms with E-state index in [2.05, 4.69) is 0 Å². The number of allylic oxidation sites excluding steroid dienone is 1. The van der Waals surface area contributed by atoms with Crippen molar-refractivity contribution in [1.29, 1.82) is 0 Å². The quantitative estimate of drug-likeness (QED) is 0.405. The Kier molecular flexibility index (Phi) is 5.94. The Labute approximate surface area is 149 Å². The molecule has 0 saturated carbocycles. The van der Waals surface area contributed by atoms with Gasteiger partial charge in [-0.15, -0.1) is 0 Å². The summed E-state index contributed by atoms with van der Waals surface area (Å²) in [4.78, 5) is 11.5. The van der Waals surface area contributed by atoms with Gasteiger partial charge in [0.2, 0.25) is 0 Å². The number of halogens is 3. The molecule has 23 heavy (non-hydrogen) atoms. The summed E-state index contributed by atoms with van der Waals surface area (Å²) in [6.07, 6.45) is 0.679. The first-order valence-corrected chi connectivity index (χ1v) is 7.68. The van der Waals surface area contributed by atoms with Gasteiger partial charge in [0.1, 0.15) is 0 Å². The first kappa shape index (κ1) is 17.7. The van der Waals surface area contributed by atoms with Crippen molar-refractivity contribution in [3.05, 3.63) is 57.6 Å². The predicted molar refractivity (Wildman–Crippen MR) is 94.7 cm³/mol. The number of carbonyl (C=O) groups excluding carboxylic acids is 1. The molecule has 2 rings (SSSR count). The average Bonchev–Trinajstić information content (AvgIpc) is 2.57. The first-order valence-electron chi connectivity index (χ1n) is 6.54. The molecule has 0 atom stereocenters. The molecule has 0 aromatic heterocycles. The summed E-state index contributed by atoms with van der Waals surface area (Å²) in [6, 6.07) is 10.0. The van der Waals surface area contributed by atoms with E-state index in [1.807, 2.05) is 0 Å². The van der Waals surface area contributed by atoms with Crippen molar-refractivity contribution in [2.75, 3.05) is 14.2 Å². The Morgan fingerprint density at radius 1 is 0.913 bits per heavy atom. The second-order valence-corrected chi connectivity index (χ2v) is 5.74. The molecule has 3 nitrogen and oxygen atoms in total. The third kappa shape index (κ3) is 3.81. The molecule has 6 heteroatoms. The van der Waals surface area contributed by atoms with Crippen LogP contribution in [-0.2, 0) is 4.79 Å². The molecule has 2 aromatic rings. The van der Waals surface area contributed by atoms with Crippen molar-refractivity contribution >= 4 is 51.7 Å². The molecule has 0 spiro atoms. The largest absolute Gasteiger partial charge is 0.493 e. The van der Waals surface area contributed by atoms with Crippen molar-refractivity contribution in [3.8, 4) is 11.5 Å². The Morgan fingerprint density at radius 2 is 1.57 bits per heavy atom. The Balaban J connectivity index is 2.56. The number of rotatable bonds is 5. The SMILES string of the molecule is COc1ccc(C(Cl)=C(C=O)c2ccc(Cl)c(Cl)c2)cc1OC. The zero-order valence-electron chi connectivity index (χ0n) is 12.4. The van der Waals surface area contributed by atoms with Gasteiger partial charge in [-0.1, -0.05) is 40.9 Å². The van der Waals surface area contributed by atoms with Crippen LogP contribution in [0.3, 0.4) is 0 Å². The normalized spacial score (nSPS) is 11.7. The van der Waals surface area contributed by atoms with Gasteiger partial charge >= 0.3 is 0 Å². The maximum atomic E-state index is 11.5. The fourth-order valence-electron chi connectivity index (χ4n) is 2.04. The van der Waals surface area contributed by atoms with E-state index in [4.69, 9.17) is 44.3 Å². The molecular weight excluding hydrogens is 359 g/mol. The molecule has 0 saturated heterocycles. The Hall–Kier alpha value is -1.68. The molecule has 2 aromatic carbocycles. The molecular formula is C17H13Cl3O3. The zero-order valence-corrected chi connectivity index (χ0v) is 14.7. The molecule has 0 heterocycles. The molecule has 0 amide bonds. The molecule has 0 aliphatic heterocycles. The van der Waals surface area contributed by atoms with E-state index in [0.29, 0.717) is 44.5 Å². The number of aldehydes is 1. The van der Waals surface area contributed by atoms with Gasteiger partial charge in [-0.25, -0.2) is 0 Å². The van der Waals surface area contributed by atoms with E-state index < -0.39 is 0 Å². The summed E-state index contributed by atoms with van der Waals surface area (Å²) in [5.74, 6) is 1.09. The summed E-state index contributed by atoms with van der Waals surface area (Å²) < 4.78 is 10.4. The van der Waals surface area contributed by atoms with Crippen LogP contribution in [0.25, 0.3) is 10.6 Å². The molecule has 0 bridgehead atoms. The van der Waals surface area contributed by atoms with Crippen LogP contribution in [-0.4, -0.2) is 20.5 Å². The molecule has 120 valence electrons. The van der Waals surface area contributed by atoms with Gasteiger partial charge in [-0.2, -0.15) is 0 Å². The summed E-state index contributed by atoms with van der Waals surface area (Å²) in [6.45, 7) is 0. The van der Waals surface area contributed by atoms with Gasteiger partial charge in [0, 0.05) is 5.57 Å². The minimum atomic E-state index is 0.277. The van der Waals surface area contributed by atoms with E-state index in [-0.39, 0.29) is 5.03 Å². The monoisotopic (exact) mass is 370 g/mol. The lowest BCUT2D eigenvalue weighted by molar-refractivity contribution is -0.103. The van der Waals surface area contributed by atoms with Crippen molar-refractivity contribution in [1.82, 2.24) is 0 Å². The second-order valence-electron chi connectivity index (χ2n) is 4.54. The minimum Gasteiger partial charge on any atom is -0.493 e. The van der Waals surface area contributed by atoms with Gasteiger partial charge in [-0.3, -0.25) is 4.79 Å². The van der Waals surface area contributed by atoms with E-state index in [1.165, 1.54) is 7.11 Å². The summed E-state index contributed by atoms with van der Waals surface area (Å²) in [5, 5.41) is 1.03. The summed E-state index contributed by atoms with van der Waals surface area (Å²) in [5.41, 5.74) is 1.50. The predicted octanol–water partition coefficient (Wildman–Crippen LogP) is 5.32. The van der Waals surface area contributed by atoms with E-state index in [0.717, 1.165) is 0 Å². The van der Waals surface area contributed by atoms with Gasteiger partial charge in [0.05, 0.1) is 29.3 Å². The van der Waals surface area contributed by atoms with Crippen molar-refractivity contribution in [2.45, 2.75) is 0 Å². The van der Waals surface area contributed by atoms with Gasteiger partial charge in [0.15, 0.2) is 17.8 Å². The molecule has 0 fully saturated rings. The molecule has 0 unspecified atom stereocenters. The average molecular weight is 372 g/mol. The lowest BCUT2D eigenvalue weighted by Gasteiger charge is -2.11. The second kappa shape index (κ2) is 7.73. The maximum Gasteiger partial charge on any atom is 0.161 e. The molecule has 0 radical (unpaired) electrons. The highest BCUT2D eigenvalue weighted by molar-refractivity contribution is 6.56. The minimum absolute atomic E-state index is 0.277. The topological polar surface area (TPSA) is 35.5 Å². The Bertz CT molecular complexity index is 770. The van der Waals surface area contributed by atoms with Crippen LogP contribution in [0.5, 0.6) is 11.5 Å². The van der Waals surface area contributed by atoms with Crippen LogP contribution < -0.4 is 9.47 Å². The fraction of sp³-hybridized carbons (Fsp3) is 0.118. The zero-order chi connectivity index (χ0) is 17.0. The maximum absolute atomic E-state index is 11.5. The number of methoxy groups -OCH3 is 2. The fourth-order valence-corrected chi connectivity index (χ4v) is 2.61. The first-order chi connectivity index (χ1) is 11.0. The smallest absolute Gasteiger partial charge is 0.161 e. The lowest BCUT2D eigenvalue weighted by Crippen LogP contribution is -1.94. The Morgan fingerprint density at radius 3 is 2.13 bits per heavy atom. The van der Waals surface area contributed by atoms with Crippen LogP contribution in [0.1, 0.15) is 11.1 Å². The van der Waals surface area contributed by atoms with Crippen LogP contribution >= 0.6 is 34.8 Å². The van der Waals surface area contributed by atoms with Crippen LogP contribution in [0.4, 0.5) is 0 Å². The van der Waals surface area contributed by atoms with E-state index >= 15 is 0 Å². The molecule has 0 aliphatic carbocycles. The van der Waals surface area contributed by atoms with Crippen LogP contribution in [0, 0.1) is 0 Å².